The van der Waals surface area contributed by atoms with Crippen molar-refractivity contribution in [3.63, 3.8) is 0 Å². The monoisotopic (exact) mass is 395 g/mol. The molecule has 1 amide bonds. The second kappa shape index (κ2) is 7.16. The Hall–Kier alpha value is -3.06. The van der Waals surface area contributed by atoms with Gasteiger partial charge in [-0.15, -0.1) is 11.3 Å². The molecule has 0 saturated carbocycles. The summed E-state index contributed by atoms with van der Waals surface area (Å²) in [7, 11) is 0. The number of benzene rings is 1. The Balaban J connectivity index is 1.66. The Bertz CT molecular complexity index is 1150. The highest BCUT2D eigenvalue weighted by Gasteiger charge is 2.21. The predicted octanol–water partition coefficient (Wildman–Crippen LogP) is 5.20. The number of hydrogen-bond donors (Lipinski definition) is 1. The number of carbonyl (C=O) groups is 1. The number of carbonyl (C=O) groups excluding carboxylic acids is 1. The van der Waals surface area contributed by atoms with E-state index in [1.807, 2.05) is 20.8 Å². The lowest BCUT2D eigenvalue weighted by molar-refractivity contribution is 0.0943. The maximum Gasteiger partial charge on any atom is 0.262 e. The molecule has 4 aromatic rings. The van der Waals surface area contributed by atoms with E-state index >= 15 is 0 Å². The van der Waals surface area contributed by atoms with E-state index in [9.17, 15) is 9.18 Å². The van der Waals surface area contributed by atoms with Gasteiger partial charge >= 0.3 is 0 Å². The lowest BCUT2D eigenvalue weighted by Crippen LogP contribution is -2.26. The van der Waals surface area contributed by atoms with Crippen molar-refractivity contribution < 1.29 is 13.6 Å². The molecule has 0 aliphatic rings. The molecule has 0 fully saturated rings. The van der Waals surface area contributed by atoms with Crippen LogP contribution in [0.1, 0.15) is 39.5 Å². The van der Waals surface area contributed by atoms with Gasteiger partial charge in [0.1, 0.15) is 10.6 Å². The quantitative estimate of drug-likeness (QED) is 0.516. The normalized spacial score (nSPS) is 12.3. The first-order chi connectivity index (χ1) is 13.4. The number of furan rings is 1. The Kier molecular flexibility index (Phi) is 4.68. The van der Waals surface area contributed by atoms with E-state index in [4.69, 9.17) is 4.42 Å². The van der Waals surface area contributed by atoms with E-state index in [-0.39, 0.29) is 17.8 Å². The summed E-state index contributed by atoms with van der Waals surface area (Å²) in [6, 6.07) is 9.46. The topological polar surface area (TPSA) is 68.0 Å². The molecule has 1 N–H and O–H groups in total. The largest absolute Gasteiger partial charge is 0.461 e. The number of aromatic nitrogens is 2. The molecule has 0 bridgehead atoms. The SMILES string of the molecule is Cc1nc(-c2ccco2)nc2sc(C(=O)NC(C)c3ccc(F)cc3)c(C)c12. The molecule has 28 heavy (non-hydrogen) atoms. The number of halogens is 1. The van der Waals surface area contributed by atoms with Crippen molar-refractivity contribution in [3.05, 3.63) is 70.2 Å². The molecule has 5 nitrogen and oxygen atoms in total. The zero-order valence-corrected chi connectivity index (χ0v) is 16.4. The minimum absolute atomic E-state index is 0.184. The summed E-state index contributed by atoms with van der Waals surface area (Å²) < 4.78 is 18.5. The van der Waals surface area contributed by atoms with Crippen molar-refractivity contribution >= 4 is 27.5 Å². The van der Waals surface area contributed by atoms with E-state index in [1.54, 1.807) is 30.5 Å². The summed E-state index contributed by atoms with van der Waals surface area (Å²) in [5.41, 5.74) is 2.49. The van der Waals surface area contributed by atoms with Crippen LogP contribution in [0.2, 0.25) is 0 Å². The fourth-order valence-corrected chi connectivity index (χ4v) is 4.30. The second-order valence-electron chi connectivity index (χ2n) is 6.59. The minimum Gasteiger partial charge on any atom is -0.461 e. The molecule has 3 heterocycles. The van der Waals surface area contributed by atoms with Crippen LogP contribution in [-0.2, 0) is 0 Å². The summed E-state index contributed by atoms with van der Waals surface area (Å²) in [4.78, 5) is 23.3. The Morgan fingerprint density at radius 1 is 1.18 bits per heavy atom. The predicted molar refractivity (Wildman–Crippen MR) is 107 cm³/mol. The molecular formula is C21H18FN3O2S. The molecular weight excluding hydrogens is 377 g/mol. The van der Waals surface area contributed by atoms with E-state index in [0.717, 1.165) is 27.0 Å². The van der Waals surface area contributed by atoms with Crippen molar-refractivity contribution in [2.24, 2.45) is 0 Å². The summed E-state index contributed by atoms with van der Waals surface area (Å²) in [6.07, 6.45) is 1.58. The van der Waals surface area contributed by atoms with E-state index in [1.165, 1.54) is 23.5 Å². The number of nitrogens with zero attached hydrogens (tertiary/aromatic N) is 2. The molecule has 1 atom stereocenters. The van der Waals surface area contributed by atoms with Crippen LogP contribution in [0, 0.1) is 19.7 Å². The number of hydrogen-bond acceptors (Lipinski definition) is 5. The highest BCUT2D eigenvalue weighted by molar-refractivity contribution is 7.20. The van der Waals surface area contributed by atoms with Crippen molar-refractivity contribution in [2.45, 2.75) is 26.8 Å². The molecule has 0 aliphatic carbocycles. The average Bonchev–Trinajstić information content (AvgIpc) is 3.30. The molecule has 4 rings (SSSR count). The second-order valence-corrected chi connectivity index (χ2v) is 7.59. The fraction of sp³-hybridized carbons (Fsp3) is 0.190. The molecule has 142 valence electrons. The minimum atomic E-state index is -0.302. The van der Waals surface area contributed by atoms with Gasteiger partial charge < -0.3 is 9.73 Å². The number of fused-ring (bicyclic) bond motifs is 1. The number of amides is 1. The smallest absolute Gasteiger partial charge is 0.262 e. The molecule has 3 aromatic heterocycles. The van der Waals surface area contributed by atoms with Gasteiger partial charge in [0, 0.05) is 5.39 Å². The average molecular weight is 395 g/mol. The van der Waals surface area contributed by atoms with Gasteiger partial charge in [-0.3, -0.25) is 4.79 Å². The van der Waals surface area contributed by atoms with Gasteiger partial charge in [0.05, 0.1) is 22.9 Å². The van der Waals surface area contributed by atoms with Gasteiger partial charge in [0.2, 0.25) is 0 Å². The zero-order chi connectivity index (χ0) is 19.8. The number of rotatable bonds is 4. The number of thiophene rings is 1. The van der Waals surface area contributed by atoms with Gasteiger partial charge in [-0.25, -0.2) is 14.4 Å². The highest BCUT2D eigenvalue weighted by Crippen LogP contribution is 2.33. The van der Waals surface area contributed by atoms with Gasteiger partial charge in [-0.2, -0.15) is 0 Å². The third-order valence-corrected chi connectivity index (χ3v) is 5.82. The summed E-state index contributed by atoms with van der Waals surface area (Å²) in [5.74, 6) is 0.607. The van der Waals surface area contributed by atoms with Gasteiger partial charge in [-0.1, -0.05) is 12.1 Å². The number of nitrogens with one attached hydrogen (secondary N) is 1. The molecule has 0 spiro atoms. The first kappa shape index (κ1) is 18.3. The first-order valence-corrected chi connectivity index (χ1v) is 9.63. The summed E-state index contributed by atoms with van der Waals surface area (Å²) in [5, 5.41) is 3.87. The lowest BCUT2D eigenvalue weighted by atomic mass is 10.1. The van der Waals surface area contributed by atoms with Crippen molar-refractivity contribution in [3.8, 4) is 11.6 Å². The van der Waals surface area contributed by atoms with Crippen LogP contribution in [0.3, 0.4) is 0 Å². The van der Waals surface area contributed by atoms with Gasteiger partial charge in [0.25, 0.3) is 5.91 Å². The maximum absolute atomic E-state index is 13.1. The van der Waals surface area contributed by atoms with Gasteiger partial charge in [-0.05, 0) is 56.2 Å². The van der Waals surface area contributed by atoms with E-state index in [2.05, 4.69) is 15.3 Å². The first-order valence-electron chi connectivity index (χ1n) is 8.82. The Morgan fingerprint density at radius 2 is 1.93 bits per heavy atom. The fourth-order valence-electron chi connectivity index (χ4n) is 3.17. The lowest BCUT2D eigenvalue weighted by Gasteiger charge is -2.14. The van der Waals surface area contributed by atoms with Crippen LogP contribution in [0.15, 0.2) is 47.1 Å². The summed E-state index contributed by atoms with van der Waals surface area (Å²) >= 11 is 1.33. The standard InChI is InChI=1S/C21H18FN3O2S/c1-11-17-13(3)23-19(16-5-4-10-27-16)25-21(17)28-18(11)20(26)24-12(2)14-6-8-15(22)9-7-14/h4-10,12H,1-3H3,(H,24,26). The van der Waals surface area contributed by atoms with Crippen molar-refractivity contribution in [1.82, 2.24) is 15.3 Å². The zero-order valence-electron chi connectivity index (χ0n) is 15.6. The third kappa shape index (κ3) is 3.29. The van der Waals surface area contributed by atoms with E-state index < -0.39 is 0 Å². The van der Waals surface area contributed by atoms with Crippen LogP contribution >= 0.6 is 11.3 Å². The molecule has 1 aromatic carbocycles. The molecule has 1 unspecified atom stereocenters. The van der Waals surface area contributed by atoms with Crippen molar-refractivity contribution in [2.75, 3.05) is 0 Å². The van der Waals surface area contributed by atoms with Crippen molar-refractivity contribution in [1.29, 1.82) is 0 Å². The third-order valence-electron chi connectivity index (χ3n) is 4.64. The molecule has 0 radical (unpaired) electrons. The highest BCUT2D eigenvalue weighted by atomic mass is 32.1. The van der Waals surface area contributed by atoms with Crippen LogP contribution in [0.5, 0.6) is 0 Å². The Labute approximate surface area is 165 Å². The van der Waals surface area contributed by atoms with E-state index in [0.29, 0.717) is 16.5 Å². The van der Waals surface area contributed by atoms with Gasteiger partial charge in [0.15, 0.2) is 11.6 Å². The van der Waals surface area contributed by atoms with Crippen LogP contribution < -0.4 is 5.32 Å². The Morgan fingerprint density at radius 3 is 2.61 bits per heavy atom. The van der Waals surface area contributed by atoms with Crippen LogP contribution in [0.25, 0.3) is 21.8 Å². The number of aryl methyl sites for hydroxylation is 2. The van der Waals surface area contributed by atoms with Crippen LogP contribution in [0.4, 0.5) is 4.39 Å². The maximum atomic E-state index is 13.1. The summed E-state index contributed by atoms with van der Waals surface area (Å²) in [6.45, 7) is 5.67. The molecule has 0 saturated heterocycles. The molecule has 0 aliphatic heterocycles. The molecule has 7 heteroatoms. The van der Waals surface area contributed by atoms with Crippen LogP contribution in [-0.4, -0.2) is 15.9 Å².